The van der Waals surface area contributed by atoms with E-state index >= 15 is 0 Å². The number of hydrogen-bond acceptors (Lipinski definition) is 6. The van der Waals surface area contributed by atoms with Crippen LogP contribution in [0.2, 0.25) is 0 Å². The number of benzene rings is 2. The van der Waals surface area contributed by atoms with E-state index in [2.05, 4.69) is 89.4 Å². The zero-order chi connectivity index (χ0) is 20.4. The summed E-state index contributed by atoms with van der Waals surface area (Å²) in [7, 11) is 0. The van der Waals surface area contributed by atoms with E-state index in [1.807, 2.05) is 0 Å². The first-order valence-corrected chi connectivity index (χ1v) is 10.2. The Morgan fingerprint density at radius 3 is 1.90 bits per heavy atom. The molecule has 0 saturated carbocycles. The lowest BCUT2D eigenvalue weighted by Gasteiger charge is -2.26. The molecular weight excluding hydrogens is 380 g/mol. The highest BCUT2D eigenvalue weighted by Crippen LogP contribution is 2.34. The number of nitrogens with zero attached hydrogens (tertiary/aromatic N) is 4. The van der Waals surface area contributed by atoms with Crippen LogP contribution in [0, 0.1) is 13.8 Å². The van der Waals surface area contributed by atoms with Gasteiger partial charge in [-0.3, -0.25) is 0 Å². The van der Waals surface area contributed by atoms with Crippen LogP contribution in [0.15, 0.2) is 75.2 Å². The van der Waals surface area contributed by atoms with Crippen molar-refractivity contribution < 1.29 is 4.52 Å². The molecule has 4 aromatic rings. The molecule has 0 bridgehead atoms. The molecule has 0 aliphatic rings. The Bertz CT molecular complexity index is 1100. The van der Waals surface area contributed by atoms with Crippen LogP contribution in [0.4, 0.5) is 0 Å². The van der Waals surface area contributed by atoms with Crippen molar-refractivity contribution >= 4 is 11.8 Å². The first-order valence-electron chi connectivity index (χ1n) is 9.40. The molecule has 5 nitrogen and oxygen atoms in total. The van der Waals surface area contributed by atoms with E-state index in [1.165, 1.54) is 16.7 Å². The molecule has 2 aromatic heterocycles. The van der Waals surface area contributed by atoms with Crippen LogP contribution in [0.1, 0.15) is 36.4 Å². The van der Waals surface area contributed by atoms with Gasteiger partial charge in [-0.15, -0.1) is 0 Å². The van der Waals surface area contributed by atoms with Gasteiger partial charge in [-0.05, 0) is 30.2 Å². The molecule has 0 N–H and O–H groups in total. The van der Waals surface area contributed by atoms with Gasteiger partial charge in [0.1, 0.15) is 0 Å². The van der Waals surface area contributed by atoms with Gasteiger partial charge in [0.15, 0.2) is 0 Å². The zero-order valence-electron chi connectivity index (χ0n) is 16.9. The van der Waals surface area contributed by atoms with E-state index in [1.54, 1.807) is 31.1 Å². The Kier molecular flexibility index (Phi) is 5.20. The Morgan fingerprint density at radius 1 is 0.759 bits per heavy atom. The van der Waals surface area contributed by atoms with Crippen LogP contribution in [0.3, 0.4) is 0 Å². The van der Waals surface area contributed by atoms with Crippen molar-refractivity contribution in [3.63, 3.8) is 0 Å². The first-order chi connectivity index (χ1) is 13.9. The molecule has 2 aromatic carbocycles. The van der Waals surface area contributed by atoms with Gasteiger partial charge in [0, 0.05) is 34.5 Å². The normalized spacial score (nSPS) is 11.6. The number of hydrogen-bond donors (Lipinski definition) is 0. The summed E-state index contributed by atoms with van der Waals surface area (Å²) < 4.78 is 4.97. The summed E-state index contributed by atoms with van der Waals surface area (Å²) in [5, 5.41) is 3.84. The quantitative estimate of drug-likeness (QED) is 0.432. The van der Waals surface area contributed by atoms with Crippen LogP contribution in [0.25, 0.3) is 11.6 Å². The Balaban J connectivity index is 1.48. The highest BCUT2D eigenvalue weighted by atomic mass is 32.2. The highest BCUT2D eigenvalue weighted by Gasteiger charge is 2.22. The molecule has 0 amide bonds. The Morgan fingerprint density at radius 2 is 1.34 bits per heavy atom. The fraction of sp³-hybridized carbons (Fsp3) is 0.217. The van der Waals surface area contributed by atoms with Gasteiger partial charge in [-0.1, -0.05) is 72.7 Å². The predicted molar refractivity (Wildman–Crippen MR) is 114 cm³/mol. The summed E-state index contributed by atoms with van der Waals surface area (Å²) in [5.41, 5.74) is 3.82. The van der Waals surface area contributed by atoms with Crippen molar-refractivity contribution in [2.75, 3.05) is 0 Å². The average molecular weight is 403 g/mol. The predicted octanol–water partition coefficient (Wildman–Crippen LogP) is 5.62. The number of aromatic nitrogens is 4. The third kappa shape index (κ3) is 4.22. The summed E-state index contributed by atoms with van der Waals surface area (Å²) in [4.78, 5) is 14.9. The molecule has 0 spiro atoms. The summed E-state index contributed by atoms with van der Waals surface area (Å²) in [6.45, 7) is 8.37. The lowest BCUT2D eigenvalue weighted by Crippen LogP contribution is -2.18. The zero-order valence-corrected chi connectivity index (χ0v) is 17.7. The summed E-state index contributed by atoms with van der Waals surface area (Å²) in [5.74, 6) is 1.36. The van der Waals surface area contributed by atoms with Crippen molar-refractivity contribution in [1.82, 2.24) is 20.1 Å². The van der Waals surface area contributed by atoms with Gasteiger partial charge < -0.3 is 4.52 Å². The SMILES string of the molecule is Cc1ccc(C(C)(C)c2ccc(Sc3cnc(-c4noc(C)n4)nc3)cc2)cc1. The number of aryl methyl sites for hydroxylation is 2. The molecule has 0 aliphatic heterocycles. The van der Waals surface area contributed by atoms with E-state index < -0.39 is 0 Å². The molecule has 146 valence electrons. The summed E-state index contributed by atoms with van der Waals surface area (Å²) in [6.07, 6.45) is 3.56. The molecule has 0 aliphatic carbocycles. The maximum Gasteiger partial charge on any atom is 0.240 e. The second-order valence-electron chi connectivity index (χ2n) is 7.50. The topological polar surface area (TPSA) is 64.7 Å². The van der Waals surface area contributed by atoms with Gasteiger partial charge in [-0.2, -0.15) is 4.98 Å². The van der Waals surface area contributed by atoms with Crippen molar-refractivity contribution in [1.29, 1.82) is 0 Å². The molecule has 6 heteroatoms. The molecule has 2 heterocycles. The van der Waals surface area contributed by atoms with Crippen molar-refractivity contribution in [2.24, 2.45) is 0 Å². The van der Waals surface area contributed by atoms with Crippen molar-refractivity contribution in [3.8, 4) is 11.6 Å². The third-order valence-electron chi connectivity index (χ3n) is 4.94. The van der Waals surface area contributed by atoms with E-state index in [-0.39, 0.29) is 5.41 Å². The average Bonchev–Trinajstić information content (AvgIpc) is 3.16. The minimum atomic E-state index is -0.0512. The molecular formula is C23H22N4OS. The van der Waals surface area contributed by atoms with Gasteiger partial charge in [0.05, 0.1) is 0 Å². The minimum Gasteiger partial charge on any atom is -0.339 e. The maximum atomic E-state index is 4.97. The maximum absolute atomic E-state index is 4.97. The largest absolute Gasteiger partial charge is 0.339 e. The van der Waals surface area contributed by atoms with Crippen LogP contribution >= 0.6 is 11.8 Å². The van der Waals surface area contributed by atoms with Gasteiger partial charge in [0.25, 0.3) is 0 Å². The summed E-state index contributed by atoms with van der Waals surface area (Å²) >= 11 is 1.62. The van der Waals surface area contributed by atoms with Gasteiger partial charge in [0.2, 0.25) is 17.5 Å². The Labute approximate surface area is 174 Å². The van der Waals surface area contributed by atoms with Crippen LogP contribution < -0.4 is 0 Å². The van der Waals surface area contributed by atoms with E-state index in [0.717, 1.165) is 9.79 Å². The lowest BCUT2D eigenvalue weighted by molar-refractivity contribution is 0.394. The van der Waals surface area contributed by atoms with Crippen LogP contribution in [-0.2, 0) is 5.41 Å². The molecule has 0 atom stereocenters. The highest BCUT2D eigenvalue weighted by molar-refractivity contribution is 7.99. The third-order valence-corrected chi connectivity index (χ3v) is 5.90. The molecule has 29 heavy (non-hydrogen) atoms. The standard InChI is InChI=1S/C23H22N4OS/c1-15-5-7-17(8-6-15)23(3,4)18-9-11-19(12-10-18)29-20-13-24-21(25-14-20)22-26-16(2)28-27-22/h5-14H,1-4H3. The smallest absolute Gasteiger partial charge is 0.240 e. The number of rotatable bonds is 5. The second-order valence-corrected chi connectivity index (χ2v) is 8.64. The molecule has 4 rings (SSSR count). The van der Waals surface area contributed by atoms with Gasteiger partial charge >= 0.3 is 0 Å². The van der Waals surface area contributed by atoms with Crippen LogP contribution in [0.5, 0.6) is 0 Å². The second kappa shape index (κ2) is 7.79. The lowest BCUT2D eigenvalue weighted by atomic mass is 9.78. The van der Waals surface area contributed by atoms with Crippen LogP contribution in [-0.4, -0.2) is 20.1 Å². The van der Waals surface area contributed by atoms with E-state index in [4.69, 9.17) is 4.52 Å². The van der Waals surface area contributed by atoms with E-state index in [9.17, 15) is 0 Å². The molecule has 0 radical (unpaired) electrons. The fourth-order valence-electron chi connectivity index (χ4n) is 3.09. The molecule has 0 unspecified atom stereocenters. The fourth-order valence-corrected chi connectivity index (χ4v) is 3.84. The monoisotopic (exact) mass is 402 g/mol. The van der Waals surface area contributed by atoms with Gasteiger partial charge in [-0.25, -0.2) is 9.97 Å². The Hall–Kier alpha value is -2.99. The minimum absolute atomic E-state index is 0.0512. The van der Waals surface area contributed by atoms with Crippen molar-refractivity contribution in [2.45, 2.75) is 42.9 Å². The molecule has 0 fully saturated rings. The first kappa shape index (κ1) is 19.3. The van der Waals surface area contributed by atoms with E-state index in [0.29, 0.717) is 17.5 Å². The van der Waals surface area contributed by atoms with Crippen molar-refractivity contribution in [3.05, 3.63) is 83.5 Å². The summed E-state index contributed by atoms with van der Waals surface area (Å²) in [6, 6.07) is 17.4. The molecule has 0 saturated heterocycles.